The average molecular weight is 381 g/mol. The largest absolute Gasteiger partial charge is 0.347 e. The monoisotopic (exact) mass is 380 g/mol. The van der Waals surface area contributed by atoms with Crippen LogP contribution in [0.3, 0.4) is 0 Å². The molecule has 0 atom stereocenters. The first-order valence-corrected chi connectivity index (χ1v) is 8.39. The molecule has 0 aliphatic rings. The molecule has 0 aliphatic carbocycles. The number of nitrogens with one attached hydrogen (secondary N) is 2. The predicted molar refractivity (Wildman–Crippen MR) is 97.6 cm³/mol. The molecule has 0 bridgehead atoms. The van der Waals surface area contributed by atoms with Crippen LogP contribution in [0, 0.1) is 11.6 Å². The van der Waals surface area contributed by atoms with E-state index in [1.807, 2.05) is 20.8 Å². The molecule has 2 rings (SSSR count). The van der Waals surface area contributed by atoms with E-state index in [1.165, 1.54) is 0 Å². The number of halogens is 3. The zero-order chi connectivity index (χ0) is 19.5. The van der Waals surface area contributed by atoms with Crippen LogP contribution < -0.4 is 10.6 Å². The minimum atomic E-state index is -1.16. The van der Waals surface area contributed by atoms with Crippen molar-refractivity contribution in [2.24, 2.45) is 0 Å². The smallest absolute Gasteiger partial charge is 0.257 e. The molecule has 2 amide bonds. The summed E-state index contributed by atoms with van der Waals surface area (Å²) in [5.41, 5.74) is 0.322. The van der Waals surface area contributed by atoms with Crippen LogP contribution in [0.15, 0.2) is 36.4 Å². The zero-order valence-corrected chi connectivity index (χ0v) is 15.4. The summed E-state index contributed by atoms with van der Waals surface area (Å²) in [6, 6.07) is 7.68. The maximum Gasteiger partial charge on any atom is 0.257 e. The van der Waals surface area contributed by atoms with Gasteiger partial charge in [0.25, 0.3) is 11.8 Å². The lowest BCUT2D eigenvalue weighted by molar-refractivity contribution is 0.0911. The highest BCUT2D eigenvalue weighted by Gasteiger charge is 2.19. The lowest BCUT2D eigenvalue weighted by atomic mass is 10.0. The standard InChI is InChI=1S/C19H19ClF2N2O2/c1-4-19(2,3)24-17(25)11-5-7-12(8-6-11)23-18(26)13-9-15(21)16(22)10-14(13)20/h5-10H,4H2,1-3H3,(H,23,26)(H,24,25). The second kappa shape index (κ2) is 7.83. The summed E-state index contributed by atoms with van der Waals surface area (Å²) in [6.45, 7) is 5.82. The molecule has 0 aromatic heterocycles. The van der Waals surface area contributed by atoms with Gasteiger partial charge in [-0.25, -0.2) is 8.78 Å². The molecular formula is C19H19ClF2N2O2. The quantitative estimate of drug-likeness (QED) is 0.733. The first-order chi connectivity index (χ1) is 12.1. The molecular weight excluding hydrogens is 362 g/mol. The third-order valence-corrected chi connectivity index (χ3v) is 4.31. The normalized spacial score (nSPS) is 11.2. The zero-order valence-electron chi connectivity index (χ0n) is 14.6. The van der Waals surface area contributed by atoms with E-state index in [1.54, 1.807) is 24.3 Å². The van der Waals surface area contributed by atoms with Crippen LogP contribution in [0.5, 0.6) is 0 Å². The third kappa shape index (κ3) is 4.79. The third-order valence-electron chi connectivity index (χ3n) is 4.00. The molecule has 0 spiro atoms. The Kier molecular flexibility index (Phi) is 5.97. The average Bonchev–Trinajstić information content (AvgIpc) is 2.58. The molecule has 26 heavy (non-hydrogen) atoms. The topological polar surface area (TPSA) is 58.2 Å². The number of carbonyl (C=O) groups excluding carboxylic acids is 2. The van der Waals surface area contributed by atoms with Crippen LogP contribution in [0.4, 0.5) is 14.5 Å². The molecule has 7 heteroatoms. The second-order valence-corrected chi connectivity index (χ2v) is 6.88. The summed E-state index contributed by atoms with van der Waals surface area (Å²) < 4.78 is 26.4. The summed E-state index contributed by atoms with van der Waals surface area (Å²) in [7, 11) is 0. The van der Waals surface area contributed by atoms with Gasteiger partial charge in [0.2, 0.25) is 0 Å². The highest BCUT2D eigenvalue weighted by atomic mass is 35.5. The fourth-order valence-electron chi connectivity index (χ4n) is 2.07. The van der Waals surface area contributed by atoms with E-state index in [9.17, 15) is 18.4 Å². The molecule has 0 radical (unpaired) electrons. The van der Waals surface area contributed by atoms with Crippen LogP contribution in [0.1, 0.15) is 47.9 Å². The Morgan fingerprint density at radius 1 is 1.04 bits per heavy atom. The van der Waals surface area contributed by atoms with Crippen molar-refractivity contribution in [3.63, 3.8) is 0 Å². The Morgan fingerprint density at radius 3 is 2.19 bits per heavy atom. The van der Waals surface area contributed by atoms with Gasteiger partial charge in [0.1, 0.15) is 0 Å². The first-order valence-electron chi connectivity index (χ1n) is 8.01. The van der Waals surface area contributed by atoms with Crippen molar-refractivity contribution < 1.29 is 18.4 Å². The molecule has 138 valence electrons. The Balaban J connectivity index is 2.11. The number of amides is 2. The van der Waals surface area contributed by atoms with Gasteiger partial charge in [-0.2, -0.15) is 0 Å². The first kappa shape index (κ1) is 19.8. The molecule has 0 aliphatic heterocycles. The second-order valence-electron chi connectivity index (χ2n) is 6.47. The van der Waals surface area contributed by atoms with Gasteiger partial charge in [-0.05, 0) is 56.7 Å². The summed E-state index contributed by atoms with van der Waals surface area (Å²) in [6.07, 6.45) is 0.780. The van der Waals surface area contributed by atoms with Gasteiger partial charge >= 0.3 is 0 Å². The fourth-order valence-corrected chi connectivity index (χ4v) is 2.30. The van der Waals surface area contributed by atoms with Gasteiger partial charge in [0.05, 0.1) is 10.6 Å². The van der Waals surface area contributed by atoms with Crippen LogP contribution in [0.25, 0.3) is 0 Å². The summed E-state index contributed by atoms with van der Waals surface area (Å²) in [4.78, 5) is 24.4. The number of hydrogen-bond donors (Lipinski definition) is 2. The van der Waals surface area contributed by atoms with Gasteiger partial charge in [-0.15, -0.1) is 0 Å². The molecule has 2 N–H and O–H groups in total. The van der Waals surface area contributed by atoms with Gasteiger partial charge in [0, 0.05) is 16.8 Å². The van der Waals surface area contributed by atoms with Crippen LogP contribution in [-0.2, 0) is 0 Å². The Bertz CT molecular complexity index is 836. The van der Waals surface area contributed by atoms with E-state index in [0.717, 1.165) is 18.6 Å². The lowest BCUT2D eigenvalue weighted by Crippen LogP contribution is -2.42. The summed E-state index contributed by atoms with van der Waals surface area (Å²) in [5.74, 6) is -3.20. The molecule has 0 fully saturated rings. The SMILES string of the molecule is CCC(C)(C)NC(=O)c1ccc(NC(=O)c2cc(F)c(F)cc2Cl)cc1. The van der Waals surface area contributed by atoms with Gasteiger partial charge in [-0.3, -0.25) is 9.59 Å². The van der Waals surface area contributed by atoms with Crippen molar-refractivity contribution in [1.29, 1.82) is 0 Å². The van der Waals surface area contributed by atoms with E-state index < -0.39 is 17.5 Å². The molecule has 0 heterocycles. The van der Waals surface area contributed by atoms with E-state index in [4.69, 9.17) is 11.6 Å². The minimum absolute atomic E-state index is 0.183. The molecule has 2 aromatic carbocycles. The van der Waals surface area contributed by atoms with Gasteiger partial charge in [0.15, 0.2) is 11.6 Å². The number of hydrogen-bond acceptors (Lipinski definition) is 2. The number of benzene rings is 2. The van der Waals surface area contributed by atoms with Crippen LogP contribution in [0.2, 0.25) is 5.02 Å². The predicted octanol–water partition coefficient (Wildman–Crippen LogP) is 4.79. The highest BCUT2D eigenvalue weighted by Crippen LogP contribution is 2.21. The van der Waals surface area contributed by atoms with Crippen molar-refractivity contribution in [2.75, 3.05) is 5.32 Å². The van der Waals surface area contributed by atoms with E-state index in [-0.39, 0.29) is 22.0 Å². The lowest BCUT2D eigenvalue weighted by Gasteiger charge is -2.24. The van der Waals surface area contributed by atoms with E-state index in [2.05, 4.69) is 10.6 Å². The van der Waals surface area contributed by atoms with Gasteiger partial charge in [-0.1, -0.05) is 18.5 Å². The summed E-state index contributed by atoms with van der Waals surface area (Å²) >= 11 is 5.78. The minimum Gasteiger partial charge on any atom is -0.347 e. The molecule has 0 unspecified atom stereocenters. The highest BCUT2D eigenvalue weighted by molar-refractivity contribution is 6.34. The van der Waals surface area contributed by atoms with E-state index in [0.29, 0.717) is 11.3 Å². The Morgan fingerprint density at radius 2 is 1.62 bits per heavy atom. The molecule has 0 saturated carbocycles. The Hall–Kier alpha value is -2.47. The molecule has 2 aromatic rings. The van der Waals surface area contributed by atoms with Crippen molar-refractivity contribution in [3.8, 4) is 0 Å². The summed E-state index contributed by atoms with van der Waals surface area (Å²) in [5, 5.41) is 5.24. The number of carbonyl (C=O) groups is 2. The number of anilines is 1. The fraction of sp³-hybridized carbons (Fsp3) is 0.263. The molecule has 4 nitrogen and oxygen atoms in total. The van der Waals surface area contributed by atoms with Crippen molar-refractivity contribution >= 4 is 29.1 Å². The van der Waals surface area contributed by atoms with Gasteiger partial charge < -0.3 is 10.6 Å². The van der Waals surface area contributed by atoms with E-state index >= 15 is 0 Å². The van der Waals surface area contributed by atoms with Crippen LogP contribution >= 0.6 is 11.6 Å². The van der Waals surface area contributed by atoms with Crippen molar-refractivity contribution in [2.45, 2.75) is 32.7 Å². The maximum atomic E-state index is 13.3. The molecule has 0 saturated heterocycles. The maximum absolute atomic E-state index is 13.3. The van der Waals surface area contributed by atoms with Crippen LogP contribution in [-0.4, -0.2) is 17.4 Å². The van der Waals surface area contributed by atoms with Crippen molar-refractivity contribution in [1.82, 2.24) is 5.32 Å². The Labute approximate surface area is 155 Å². The number of rotatable bonds is 5. The van der Waals surface area contributed by atoms with Crippen molar-refractivity contribution in [3.05, 3.63) is 64.2 Å².